The summed E-state index contributed by atoms with van der Waals surface area (Å²) in [7, 11) is 0. The molecule has 1 aromatic carbocycles. The number of carbonyl (C=O) groups excluding carboxylic acids is 1. The molecule has 70 valence electrons. The Bertz CT molecular complexity index is 286. The smallest absolute Gasteiger partial charge is 0.220 e. The summed E-state index contributed by atoms with van der Waals surface area (Å²) in [6.45, 7) is 0. The summed E-state index contributed by atoms with van der Waals surface area (Å²) in [6, 6.07) is 10.3. The molecule has 3 heteroatoms. The van der Waals surface area contributed by atoms with Crippen LogP contribution >= 0.6 is 13.5 Å². The molecule has 1 aliphatic rings. The summed E-state index contributed by atoms with van der Waals surface area (Å²) in [5, 5.41) is 2.93. The number of amides is 1. The first-order chi connectivity index (χ1) is 5.86. The summed E-state index contributed by atoms with van der Waals surface area (Å²) in [5.41, 5.74) is 1.21. The minimum absolute atomic E-state index is 0. The van der Waals surface area contributed by atoms with Crippen LogP contribution in [0.1, 0.15) is 24.4 Å². The number of carbonyl (C=O) groups is 1. The first kappa shape index (κ1) is 10.1. The Hall–Kier alpha value is -0.960. The van der Waals surface area contributed by atoms with E-state index >= 15 is 0 Å². The zero-order chi connectivity index (χ0) is 8.39. The lowest BCUT2D eigenvalue weighted by atomic mass is 10.1. The van der Waals surface area contributed by atoms with Gasteiger partial charge in [-0.05, 0) is 12.0 Å². The molecule has 1 atom stereocenters. The van der Waals surface area contributed by atoms with E-state index in [0.29, 0.717) is 6.42 Å². The maximum Gasteiger partial charge on any atom is 0.220 e. The Morgan fingerprint density at radius 3 is 2.46 bits per heavy atom. The molecule has 0 aromatic heterocycles. The van der Waals surface area contributed by atoms with Crippen LogP contribution in [0.5, 0.6) is 0 Å². The third-order valence-electron chi connectivity index (χ3n) is 2.20. The second-order valence-corrected chi connectivity index (χ2v) is 3.07. The molecule has 1 aromatic rings. The number of hydrogen-bond donors (Lipinski definition) is 1. The molecule has 1 aliphatic heterocycles. The third kappa shape index (κ3) is 2.25. The fraction of sp³-hybridized carbons (Fsp3) is 0.300. The van der Waals surface area contributed by atoms with E-state index in [1.165, 1.54) is 5.56 Å². The van der Waals surface area contributed by atoms with Crippen molar-refractivity contribution in [2.45, 2.75) is 18.9 Å². The van der Waals surface area contributed by atoms with Crippen molar-refractivity contribution in [3.63, 3.8) is 0 Å². The van der Waals surface area contributed by atoms with Gasteiger partial charge in [0.15, 0.2) is 0 Å². The van der Waals surface area contributed by atoms with Gasteiger partial charge in [-0.1, -0.05) is 30.3 Å². The van der Waals surface area contributed by atoms with Crippen molar-refractivity contribution in [3.05, 3.63) is 35.9 Å². The van der Waals surface area contributed by atoms with E-state index in [4.69, 9.17) is 0 Å². The van der Waals surface area contributed by atoms with Gasteiger partial charge in [-0.25, -0.2) is 0 Å². The summed E-state index contributed by atoms with van der Waals surface area (Å²) < 4.78 is 0. The Kier molecular flexibility index (Phi) is 3.37. The molecule has 0 bridgehead atoms. The van der Waals surface area contributed by atoms with Gasteiger partial charge in [0.2, 0.25) is 5.91 Å². The van der Waals surface area contributed by atoms with E-state index in [1.54, 1.807) is 0 Å². The fourth-order valence-corrected chi connectivity index (χ4v) is 1.55. The minimum atomic E-state index is 0. The second kappa shape index (κ2) is 4.33. The van der Waals surface area contributed by atoms with Crippen LogP contribution in [-0.2, 0) is 4.79 Å². The van der Waals surface area contributed by atoms with Crippen LogP contribution < -0.4 is 5.32 Å². The van der Waals surface area contributed by atoms with Crippen molar-refractivity contribution in [1.82, 2.24) is 5.32 Å². The highest BCUT2D eigenvalue weighted by Crippen LogP contribution is 2.22. The molecule has 1 fully saturated rings. The average Bonchev–Trinajstić information content (AvgIpc) is 2.54. The fourth-order valence-electron chi connectivity index (χ4n) is 1.55. The zero-order valence-electron chi connectivity index (χ0n) is 7.29. The molecule has 0 aliphatic carbocycles. The number of nitrogens with one attached hydrogen (secondary N) is 1. The molecule has 0 radical (unpaired) electrons. The van der Waals surface area contributed by atoms with Crippen LogP contribution in [0.15, 0.2) is 30.3 Å². The van der Waals surface area contributed by atoms with Gasteiger partial charge in [0, 0.05) is 6.42 Å². The summed E-state index contributed by atoms with van der Waals surface area (Å²) in [6.07, 6.45) is 1.60. The lowest BCUT2D eigenvalue weighted by Crippen LogP contribution is -2.17. The van der Waals surface area contributed by atoms with Crippen molar-refractivity contribution >= 4 is 19.4 Å². The monoisotopic (exact) mass is 195 g/mol. The average molecular weight is 195 g/mol. The number of rotatable bonds is 1. The van der Waals surface area contributed by atoms with Crippen molar-refractivity contribution in [1.29, 1.82) is 0 Å². The van der Waals surface area contributed by atoms with E-state index in [9.17, 15) is 4.79 Å². The molecule has 2 nitrogen and oxygen atoms in total. The molecular formula is C10H13NOS. The second-order valence-electron chi connectivity index (χ2n) is 3.07. The standard InChI is InChI=1S/C10H11NO.H2S/c12-10-7-6-9(11-10)8-4-2-1-3-5-8;/h1-5,9H,6-7H2,(H,11,12);1H2/t9-;/m1./s1. The van der Waals surface area contributed by atoms with E-state index < -0.39 is 0 Å². The Balaban J connectivity index is 0.000000845. The highest BCUT2D eigenvalue weighted by atomic mass is 32.1. The molecule has 1 heterocycles. The van der Waals surface area contributed by atoms with Crippen molar-refractivity contribution in [2.24, 2.45) is 0 Å². The molecule has 2 rings (SSSR count). The number of hydrogen-bond acceptors (Lipinski definition) is 1. The summed E-state index contributed by atoms with van der Waals surface area (Å²) in [4.78, 5) is 10.9. The van der Waals surface area contributed by atoms with Crippen LogP contribution in [0.25, 0.3) is 0 Å². The molecule has 1 saturated heterocycles. The van der Waals surface area contributed by atoms with Crippen molar-refractivity contribution in [2.75, 3.05) is 0 Å². The van der Waals surface area contributed by atoms with Gasteiger partial charge in [-0.15, -0.1) is 0 Å². The Morgan fingerprint density at radius 2 is 1.92 bits per heavy atom. The SMILES string of the molecule is O=C1CC[C@H](c2ccccc2)N1.S. The van der Waals surface area contributed by atoms with Crippen LogP contribution in [0.3, 0.4) is 0 Å². The maximum absolute atomic E-state index is 10.9. The van der Waals surface area contributed by atoms with Crippen molar-refractivity contribution in [3.8, 4) is 0 Å². The molecule has 1 amide bonds. The van der Waals surface area contributed by atoms with E-state index in [0.717, 1.165) is 6.42 Å². The summed E-state index contributed by atoms with van der Waals surface area (Å²) in [5.74, 6) is 0.170. The predicted molar refractivity (Wildman–Crippen MR) is 56.9 cm³/mol. The van der Waals surface area contributed by atoms with Gasteiger partial charge in [-0.3, -0.25) is 4.79 Å². The predicted octanol–water partition coefficient (Wildman–Crippen LogP) is 1.75. The molecule has 0 saturated carbocycles. The molecule has 0 unspecified atom stereocenters. The highest BCUT2D eigenvalue weighted by Gasteiger charge is 2.21. The topological polar surface area (TPSA) is 29.1 Å². The zero-order valence-corrected chi connectivity index (χ0v) is 8.29. The minimum Gasteiger partial charge on any atom is -0.349 e. The normalized spacial score (nSPS) is 20.6. The first-order valence-corrected chi connectivity index (χ1v) is 4.20. The lowest BCUT2D eigenvalue weighted by molar-refractivity contribution is -0.119. The number of benzene rings is 1. The van der Waals surface area contributed by atoms with Gasteiger partial charge < -0.3 is 5.32 Å². The maximum atomic E-state index is 10.9. The summed E-state index contributed by atoms with van der Waals surface area (Å²) >= 11 is 0. The Labute approximate surface area is 84.8 Å². The Morgan fingerprint density at radius 1 is 1.23 bits per heavy atom. The molecule has 0 spiro atoms. The van der Waals surface area contributed by atoms with Crippen LogP contribution in [0.4, 0.5) is 0 Å². The quantitative estimate of drug-likeness (QED) is 0.726. The van der Waals surface area contributed by atoms with Gasteiger partial charge in [-0.2, -0.15) is 13.5 Å². The highest BCUT2D eigenvalue weighted by molar-refractivity contribution is 7.59. The molecule has 13 heavy (non-hydrogen) atoms. The van der Waals surface area contributed by atoms with Crippen LogP contribution in [0, 0.1) is 0 Å². The lowest BCUT2D eigenvalue weighted by Gasteiger charge is -2.08. The van der Waals surface area contributed by atoms with Gasteiger partial charge in [0.25, 0.3) is 0 Å². The van der Waals surface area contributed by atoms with Gasteiger partial charge in [0.05, 0.1) is 6.04 Å². The first-order valence-electron chi connectivity index (χ1n) is 4.20. The van der Waals surface area contributed by atoms with E-state index in [1.807, 2.05) is 18.2 Å². The van der Waals surface area contributed by atoms with Crippen molar-refractivity contribution < 1.29 is 4.79 Å². The molecular weight excluding hydrogens is 182 g/mol. The van der Waals surface area contributed by atoms with Crippen LogP contribution in [0.2, 0.25) is 0 Å². The third-order valence-corrected chi connectivity index (χ3v) is 2.20. The van der Waals surface area contributed by atoms with Gasteiger partial charge >= 0.3 is 0 Å². The van der Waals surface area contributed by atoms with E-state index in [2.05, 4.69) is 17.4 Å². The van der Waals surface area contributed by atoms with Gasteiger partial charge in [0.1, 0.15) is 0 Å². The van der Waals surface area contributed by atoms with E-state index in [-0.39, 0.29) is 25.4 Å². The van der Waals surface area contributed by atoms with Crippen LogP contribution in [-0.4, -0.2) is 5.91 Å². The molecule has 1 N–H and O–H groups in total. The largest absolute Gasteiger partial charge is 0.349 e.